The number of fused-ring (bicyclic) bond motifs is 1. The van der Waals surface area contributed by atoms with Crippen molar-refractivity contribution in [3.8, 4) is 11.5 Å². The Morgan fingerprint density at radius 3 is 2.09 bits per heavy atom. The lowest BCUT2D eigenvalue weighted by Gasteiger charge is -2.41. The molecule has 0 unspecified atom stereocenters. The second-order valence-electron chi connectivity index (χ2n) is 14.0. The molecule has 0 N–H and O–H groups in total. The van der Waals surface area contributed by atoms with E-state index in [1.807, 2.05) is 0 Å². The fourth-order valence-corrected chi connectivity index (χ4v) is 6.52. The molecule has 2 nitrogen and oxygen atoms in total. The minimum Gasteiger partial charge on any atom is -0.543 e. The van der Waals surface area contributed by atoms with Gasteiger partial charge in [-0.05, 0) is 91.5 Å². The van der Waals surface area contributed by atoms with Crippen LogP contribution in [0.2, 0.25) is 18.1 Å². The second-order valence-corrected chi connectivity index (χ2v) is 18.7. The topological polar surface area (TPSA) is 18.5 Å². The van der Waals surface area contributed by atoms with Gasteiger partial charge in [-0.25, -0.2) is 0 Å². The van der Waals surface area contributed by atoms with Crippen molar-refractivity contribution in [2.24, 2.45) is 17.8 Å². The Hall–Kier alpha value is -0.963. The van der Waals surface area contributed by atoms with E-state index in [0.717, 1.165) is 18.8 Å². The third-order valence-electron chi connectivity index (χ3n) is 8.77. The van der Waals surface area contributed by atoms with E-state index < -0.39 is 8.32 Å². The van der Waals surface area contributed by atoms with Crippen LogP contribution in [0, 0.1) is 17.8 Å². The van der Waals surface area contributed by atoms with Crippen LogP contribution in [-0.2, 0) is 18.3 Å². The number of hydrogen-bond acceptors (Lipinski definition) is 2. The van der Waals surface area contributed by atoms with Gasteiger partial charge in [-0.1, -0.05) is 68.7 Å². The maximum atomic E-state index is 7.13. The van der Waals surface area contributed by atoms with Gasteiger partial charge in [0, 0.05) is 11.1 Å². The fraction of sp³-hybridized carbons (Fsp3) is 0.800. The second kappa shape index (κ2) is 9.59. The molecule has 1 fully saturated rings. The first-order valence-corrected chi connectivity index (χ1v) is 16.6. The SMILES string of the molecule is CC(C)[C@H]1CC[C@H](C)C[C@@H]1Oc1cc(C(C)(C)C)c(O[Si](C)(C)C(C)(C)C)c2c1CCCC2. The Labute approximate surface area is 206 Å². The van der Waals surface area contributed by atoms with Crippen molar-refractivity contribution in [2.75, 3.05) is 0 Å². The lowest BCUT2D eigenvalue weighted by atomic mass is 9.75. The third kappa shape index (κ3) is 5.82. The van der Waals surface area contributed by atoms with Crippen molar-refractivity contribution in [1.29, 1.82) is 0 Å². The number of ether oxygens (including phenoxy) is 1. The molecule has 1 aromatic rings. The average molecular weight is 473 g/mol. The molecule has 0 saturated heterocycles. The van der Waals surface area contributed by atoms with Crippen LogP contribution >= 0.6 is 0 Å². The van der Waals surface area contributed by atoms with E-state index in [1.165, 1.54) is 60.3 Å². The van der Waals surface area contributed by atoms with Crippen molar-refractivity contribution >= 4 is 8.32 Å². The van der Waals surface area contributed by atoms with Crippen molar-refractivity contribution < 1.29 is 9.16 Å². The van der Waals surface area contributed by atoms with E-state index in [9.17, 15) is 0 Å². The fourth-order valence-electron chi connectivity index (χ4n) is 5.47. The van der Waals surface area contributed by atoms with E-state index in [0.29, 0.717) is 17.9 Å². The number of rotatable bonds is 5. The first-order chi connectivity index (χ1) is 15.1. The summed E-state index contributed by atoms with van der Waals surface area (Å²) < 4.78 is 14.2. The molecule has 2 aliphatic rings. The van der Waals surface area contributed by atoms with Crippen LogP contribution in [0.1, 0.15) is 111 Å². The zero-order valence-electron chi connectivity index (χ0n) is 23.7. The summed E-state index contributed by atoms with van der Waals surface area (Å²) in [4.78, 5) is 0. The quantitative estimate of drug-likeness (QED) is 0.398. The Morgan fingerprint density at radius 2 is 1.55 bits per heavy atom. The van der Waals surface area contributed by atoms with Gasteiger partial charge >= 0.3 is 0 Å². The predicted octanol–water partition coefficient (Wildman–Crippen LogP) is 9.09. The summed E-state index contributed by atoms with van der Waals surface area (Å²) in [5, 5.41) is 0.182. The van der Waals surface area contributed by atoms with Crippen LogP contribution in [0.3, 0.4) is 0 Å². The molecular formula is C30H52O2Si. The Bertz CT molecular complexity index is 825. The van der Waals surface area contributed by atoms with Gasteiger partial charge in [-0.3, -0.25) is 0 Å². The molecule has 2 aliphatic carbocycles. The Balaban J connectivity index is 2.11. The average Bonchev–Trinajstić information content (AvgIpc) is 2.67. The lowest BCUT2D eigenvalue weighted by molar-refractivity contribution is 0.0449. The van der Waals surface area contributed by atoms with Crippen LogP contribution in [0.5, 0.6) is 11.5 Å². The molecule has 0 spiro atoms. The monoisotopic (exact) mass is 472 g/mol. The highest BCUT2D eigenvalue weighted by Crippen LogP contribution is 2.48. The molecule has 1 aromatic carbocycles. The minimum atomic E-state index is -1.95. The lowest BCUT2D eigenvalue weighted by Crippen LogP contribution is -2.44. The third-order valence-corrected chi connectivity index (χ3v) is 13.1. The smallest absolute Gasteiger partial charge is 0.250 e. The van der Waals surface area contributed by atoms with Crippen molar-refractivity contribution in [2.45, 2.75) is 137 Å². The first-order valence-electron chi connectivity index (χ1n) is 13.7. The van der Waals surface area contributed by atoms with Crippen LogP contribution < -0.4 is 9.16 Å². The Morgan fingerprint density at radius 1 is 0.939 bits per heavy atom. The first kappa shape index (κ1) is 26.6. The highest BCUT2D eigenvalue weighted by Gasteiger charge is 2.41. The zero-order valence-corrected chi connectivity index (χ0v) is 24.7. The molecule has 0 radical (unpaired) electrons. The van der Waals surface area contributed by atoms with Crippen molar-refractivity contribution in [3.63, 3.8) is 0 Å². The summed E-state index contributed by atoms with van der Waals surface area (Å²) >= 11 is 0. The summed E-state index contributed by atoms with van der Waals surface area (Å²) in [6.45, 7) is 26.0. The molecule has 0 aromatic heterocycles. The van der Waals surface area contributed by atoms with Gasteiger partial charge in [-0.15, -0.1) is 0 Å². The molecule has 3 heteroatoms. The van der Waals surface area contributed by atoms with Gasteiger partial charge in [0.1, 0.15) is 17.6 Å². The molecule has 33 heavy (non-hydrogen) atoms. The molecule has 188 valence electrons. The van der Waals surface area contributed by atoms with Gasteiger partial charge in [0.05, 0.1) is 0 Å². The van der Waals surface area contributed by atoms with Crippen LogP contribution in [0.4, 0.5) is 0 Å². The standard InChI is InChI=1S/C30H52O2Si/c1-20(2)22-17-16-21(3)18-26(22)31-27-19-25(29(4,5)6)28(24-15-13-12-14-23(24)27)32-33(10,11)30(7,8)9/h19-22,26H,12-18H2,1-11H3/t21-,22+,26-/m0/s1. The van der Waals surface area contributed by atoms with Gasteiger partial charge in [-0.2, -0.15) is 0 Å². The van der Waals surface area contributed by atoms with Crippen molar-refractivity contribution in [1.82, 2.24) is 0 Å². The van der Waals surface area contributed by atoms with Crippen molar-refractivity contribution in [3.05, 3.63) is 22.8 Å². The minimum absolute atomic E-state index is 0.0135. The maximum absolute atomic E-state index is 7.13. The van der Waals surface area contributed by atoms with Crippen LogP contribution in [0.25, 0.3) is 0 Å². The summed E-state index contributed by atoms with van der Waals surface area (Å²) in [6.07, 6.45) is 8.91. The van der Waals surface area contributed by atoms with Gasteiger partial charge in [0.2, 0.25) is 0 Å². The molecule has 3 rings (SSSR count). The zero-order chi connectivity index (χ0) is 24.8. The number of benzene rings is 1. The highest BCUT2D eigenvalue weighted by molar-refractivity contribution is 6.74. The molecule has 0 amide bonds. The molecular weight excluding hydrogens is 420 g/mol. The maximum Gasteiger partial charge on any atom is 0.250 e. The summed E-state index contributed by atoms with van der Waals surface area (Å²) in [6, 6.07) is 2.39. The van der Waals surface area contributed by atoms with Crippen LogP contribution in [0.15, 0.2) is 6.07 Å². The van der Waals surface area contributed by atoms with Crippen LogP contribution in [-0.4, -0.2) is 14.4 Å². The summed E-state index contributed by atoms with van der Waals surface area (Å²) in [7, 11) is -1.95. The molecule has 1 saturated carbocycles. The largest absolute Gasteiger partial charge is 0.543 e. The predicted molar refractivity (Wildman–Crippen MR) is 145 cm³/mol. The van der Waals surface area contributed by atoms with Gasteiger partial charge in [0.15, 0.2) is 0 Å². The molecule has 3 atom stereocenters. The van der Waals surface area contributed by atoms with E-state index in [2.05, 4.69) is 81.5 Å². The Kier molecular flexibility index (Phi) is 7.74. The molecule has 0 aliphatic heterocycles. The summed E-state index contributed by atoms with van der Waals surface area (Å²) in [5.74, 6) is 4.45. The molecule has 0 bridgehead atoms. The summed E-state index contributed by atoms with van der Waals surface area (Å²) in [5.41, 5.74) is 4.26. The van der Waals surface area contributed by atoms with Gasteiger partial charge < -0.3 is 9.16 Å². The van der Waals surface area contributed by atoms with E-state index in [1.54, 1.807) is 0 Å². The van der Waals surface area contributed by atoms with E-state index in [-0.39, 0.29) is 10.5 Å². The normalized spacial score (nSPS) is 24.5. The highest BCUT2D eigenvalue weighted by atomic mass is 28.4. The molecule has 0 heterocycles. The van der Waals surface area contributed by atoms with E-state index >= 15 is 0 Å². The number of hydrogen-bond donors (Lipinski definition) is 0. The van der Waals surface area contributed by atoms with Gasteiger partial charge in [0.25, 0.3) is 8.32 Å². The van der Waals surface area contributed by atoms with E-state index in [4.69, 9.17) is 9.16 Å².